The number of hydrogen-bond acceptors (Lipinski definition) is 9. The molecule has 0 saturated heterocycles. The van der Waals surface area contributed by atoms with E-state index in [2.05, 4.69) is 5.32 Å². The highest BCUT2D eigenvalue weighted by molar-refractivity contribution is 6.14. The predicted octanol–water partition coefficient (Wildman–Crippen LogP) is 5.57. The number of carbonyl (C=O) groups is 4. The number of benzene rings is 3. The molecule has 0 aliphatic rings. The Hall–Kier alpha value is -5.42. The Bertz CT molecular complexity index is 1620. The first-order chi connectivity index (χ1) is 20.0. The molecule has 4 rings (SSSR count). The highest BCUT2D eigenvalue weighted by Crippen LogP contribution is 2.38. The first kappa shape index (κ1) is 29.6. The van der Waals surface area contributed by atoms with Crippen LogP contribution in [0.2, 0.25) is 0 Å². The van der Waals surface area contributed by atoms with Crippen molar-refractivity contribution in [3.8, 4) is 28.0 Å². The molecule has 11 nitrogen and oxygen atoms in total. The summed E-state index contributed by atoms with van der Waals surface area (Å²) >= 11 is 0. The van der Waals surface area contributed by atoms with Crippen molar-refractivity contribution in [3.05, 3.63) is 95.9 Å². The number of hydrogen-bond donors (Lipinski definition) is 3. The van der Waals surface area contributed by atoms with Crippen molar-refractivity contribution in [2.24, 2.45) is 5.84 Å². The normalized spacial score (nSPS) is 10.9. The summed E-state index contributed by atoms with van der Waals surface area (Å²) in [7, 11) is 1.30. The average molecular weight is 572 g/mol. The number of nitrogens with one attached hydrogen (secondary N) is 2. The Kier molecular flexibility index (Phi) is 8.73. The van der Waals surface area contributed by atoms with Crippen LogP contribution in [0.1, 0.15) is 52.0 Å². The number of esters is 2. The van der Waals surface area contributed by atoms with Gasteiger partial charge in [0, 0.05) is 11.1 Å². The predicted molar refractivity (Wildman–Crippen MR) is 154 cm³/mol. The molecule has 0 unspecified atom stereocenters. The van der Waals surface area contributed by atoms with Gasteiger partial charge in [-0.2, -0.15) is 0 Å². The van der Waals surface area contributed by atoms with Crippen LogP contribution in [0.25, 0.3) is 22.3 Å². The van der Waals surface area contributed by atoms with Gasteiger partial charge in [0.2, 0.25) is 5.76 Å². The number of ether oxygens (including phenoxy) is 3. The topological polar surface area (TPSA) is 159 Å². The van der Waals surface area contributed by atoms with Crippen molar-refractivity contribution >= 4 is 29.6 Å². The van der Waals surface area contributed by atoms with Crippen LogP contribution in [0.5, 0.6) is 5.75 Å². The summed E-state index contributed by atoms with van der Waals surface area (Å²) in [4.78, 5) is 52.2. The fraction of sp³-hybridized carbons (Fsp3) is 0.161. The fourth-order valence-electron chi connectivity index (χ4n) is 4.18. The number of rotatable bonds is 7. The van der Waals surface area contributed by atoms with Gasteiger partial charge in [-0.05, 0) is 44.0 Å². The van der Waals surface area contributed by atoms with Crippen molar-refractivity contribution in [3.63, 3.8) is 0 Å². The molecule has 0 spiro atoms. The van der Waals surface area contributed by atoms with Crippen molar-refractivity contribution < 1.29 is 37.8 Å². The van der Waals surface area contributed by atoms with Crippen LogP contribution in [0.3, 0.4) is 0 Å². The number of nitrogens with two attached hydrogens (primary N) is 1. The van der Waals surface area contributed by atoms with E-state index in [0.717, 1.165) is 5.56 Å². The molecule has 0 atom stereocenters. The third-order valence-electron chi connectivity index (χ3n) is 5.90. The largest absolute Gasteiger partial charge is 0.495 e. The quantitative estimate of drug-likeness (QED) is 0.0847. The van der Waals surface area contributed by atoms with Gasteiger partial charge in [0.05, 0.1) is 23.9 Å². The molecule has 3 aromatic carbocycles. The summed E-state index contributed by atoms with van der Waals surface area (Å²) in [5, 5.41) is 2.42. The van der Waals surface area contributed by atoms with Gasteiger partial charge in [0.25, 0.3) is 5.91 Å². The number of carbonyl (C=O) groups excluding carboxylic acids is 4. The summed E-state index contributed by atoms with van der Waals surface area (Å²) in [6.07, 6.45) is 0.479. The molecule has 0 aliphatic carbocycles. The number of furan rings is 1. The Balaban J connectivity index is 1.74. The molecule has 0 bridgehead atoms. The minimum atomic E-state index is -1.20. The molecule has 1 heterocycles. The van der Waals surface area contributed by atoms with Crippen molar-refractivity contribution in [2.75, 3.05) is 12.4 Å². The second-order valence-electron chi connectivity index (χ2n) is 9.93. The lowest BCUT2D eigenvalue weighted by atomic mass is 9.97. The lowest BCUT2D eigenvalue weighted by Crippen LogP contribution is -2.34. The lowest BCUT2D eigenvalue weighted by molar-refractivity contribution is 0.0373. The zero-order valence-corrected chi connectivity index (χ0v) is 23.3. The van der Waals surface area contributed by atoms with Gasteiger partial charge in [-0.15, -0.1) is 0 Å². The van der Waals surface area contributed by atoms with Gasteiger partial charge >= 0.3 is 18.0 Å². The monoisotopic (exact) mass is 571 g/mol. The van der Waals surface area contributed by atoms with Crippen LogP contribution in [0.4, 0.5) is 10.5 Å². The zero-order chi connectivity index (χ0) is 30.4. The summed E-state index contributed by atoms with van der Waals surface area (Å²) in [6.45, 7) is 4.95. The van der Waals surface area contributed by atoms with E-state index < -0.39 is 35.1 Å². The molecular weight excluding hydrogens is 542 g/mol. The molecule has 0 aliphatic heterocycles. The maximum Gasteiger partial charge on any atom is 0.412 e. The van der Waals surface area contributed by atoms with Crippen LogP contribution < -0.4 is 21.3 Å². The fourth-order valence-corrected chi connectivity index (χ4v) is 4.18. The molecule has 0 saturated carbocycles. The Morgan fingerprint density at radius 1 is 0.833 bits per heavy atom. The van der Waals surface area contributed by atoms with Crippen LogP contribution in [-0.4, -0.2) is 36.6 Å². The number of amides is 2. The first-order valence-corrected chi connectivity index (χ1v) is 12.7. The number of hydrazine groups is 1. The molecule has 0 radical (unpaired) electrons. The lowest BCUT2D eigenvalue weighted by Gasteiger charge is -2.21. The number of nitrogen functional groups attached to an aromatic ring is 1. The summed E-state index contributed by atoms with van der Waals surface area (Å²) in [6, 6.07) is 20.8. The maximum atomic E-state index is 13.4. The molecule has 4 N–H and O–H groups in total. The molecule has 42 heavy (non-hydrogen) atoms. The van der Waals surface area contributed by atoms with Gasteiger partial charge in [-0.25, -0.2) is 20.2 Å². The van der Waals surface area contributed by atoms with Crippen molar-refractivity contribution in [1.82, 2.24) is 5.43 Å². The van der Waals surface area contributed by atoms with E-state index in [1.807, 2.05) is 41.8 Å². The average Bonchev–Trinajstić information content (AvgIpc) is 3.42. The first-order valence-electron chi connectivity index (χ1n) is 12.7. The number of anilines is 1. The molecule has 2 amide bonds. The Morgan fingerprint density at radius 2 is 1.45 bits per heavy atom. The van der Waals surface area contributed by atoms with Gasteiger partial charge in [0.1, 0.15) is 17.6 Å². The van der Waals surface area contributed by atoms with Crippen LogP contribution in [0, 0.1) is 0 Å². The van der Waals surface area contributed by atoms with E-state index in [-0.39, 0.29) is 22.8 Å². The van der Waals surface area contributed by atoms with Crippen molar-refractivity contribution in [1.29, 1.82) is 0 Å². The minimum absolute atomic E-state index is 0.0206. The second kappa shape index (κ2) is 12.4. The highest BCUT2D eigenvalue weighted by atomic mass is 16.6. The third kappa shape index (κ3) is 6.48. The molecule has 11 heteroatoms. The Morgan fingerprint density at radius 3 is 2.02 bits per heavy atom. The van der Waals surface area contributed by atoms with E-state index in [0.29, 0.717) is 16.7 Å². The molecular formula is C31H29N3O8. The second-order valence-corrected chi connectivity index (χ2v) is 9.93. The standard InChI is InChI=1S/C31H29N3O8/c1-31(2,3)42-30(38)33-25-22(39-4)16-15-20(24(25)27(35)34-32)28(36)41-29(37)26-23(19-13-9-6-10-14-19)21(17-40-26)18-11-7-5-8-12-18/h5-17H,32H2,1-4H3,(H,33,38)(H,34,35). The zero-order valence-electron chi connectivity index (χ0n) is 23.3. The van der Waals surface area contributed by atoms with Crippen LogP contribution in [-0.2, 0) is 9.47 Å². The highest BCUT2D eigenvalue weighted by Gasteiger charge is 2.31. The van der Waals surface area contributed by atoms with Gasteiger partial charge in [-0.3, -0.25) is 15.5 Å². The van der Waals surface area contributed by atoms with E-state index in [9.17, 15) is 19.2 Å². The van der Waals surface area contributed by atoms with Gasteiger partial charge in [-0.1, -0.05) is 60.7 Å². The van der Waals surface area contributed by atoms with Crippen molar-refractivity contribution in [2.45, 2.75) is 26.4 Å². The minimum Gasteiger partial charge on any atom is -0.495 e. The Labute approximate surface area is 241 Å². The summed E-state index contributed by atoms with van der Waals surface area (Å²) < 4.78 is 21.4. The molecule has 0 fully saturated rings. The maximum absolute atomic E-state index is 13.4. The molecule has 216 valence electrons. The van der Waals surface area contributed by atoms with E-state index in [1.165, 1.54) is 25.5 Å². The molecule has 4 aromatic rings. The van der Waals surface area contributed by atoms with Crippen LogP contribution in [0.15, 0.2) is 83.5 Å². The smallest absolute Gasteiger partial charge is 0.412 e. The van der Waals surface area contributed by atoms with Gasteiger partial charge in [0.15, 0.2) is 0 Å². The van der Waals surface area contributed by atoms with Crippen LogP contribution >= 0.6 is 0 Å². The SMILES string of the molecule is COc1ccc(C(=O)OC(=O)c2occ(-c3ccccc3)c2-c2ccccc2)c(C(=O)NN)c1NC(=O)OC(C)(C)C. The van der Waals surface area contributed by atoms with E-state index in [1.54, 1.807) is 45.0 Å². The third-order valence-corrected chi connectivity index (χ3v) is 5.90. The van der Waals surface area contributed by atoms with E-state index >= 15 is 0 Å². The molecule has 1 aromatic heterocycles. The van der Waals surface area contributed by atoms with E-state index in [4.69, 9.17) is 24.5 Å². The summed E-state index contributed by atoms with van der Waals surface area (Å²) in [5.74, 6) is 1.91. The van der Waals surface area contributed by atoms with Gasteiger partial charge < -0.3 is 18.6 Å². The number of methoxy groups -OCH3 is 1. The summed E-state index contributed by atoms with van der Waals surface area (Å²) in [5.41, 5.74) is 2.52.